The molecule has 1 aromatic heterocycles. The maximum atomic E-state index is 5.96. The molecular weight excluding hydrogens is 250 g/mol. The van der Waals surface area contributed by atoms with Crippen molar-refractivity contribution in [1.29, 1.82) is 0 Å². The van der Waals surface area contributed by atoms with Crippen LogP contribution in [0.25, 0.3) is 11.0 Å². The van der Waals surface area contributed by atoms with Gasteiger partial charge in [0.2, 0.25) is 0 Å². The first-order valence-electron chi connectivity index (χ1n) is 7.49. The van der Waals surface area contributed by atoms with Crippen molar-refractivity contribution in [2.24, 2.45) is 5.73 Å². The average Bonchev–Trinajstić information content (AvgIpc) is 2.83. The van der Waals surface area contributed by atoms with E-state index in [1.807, 2.05) is 12.1 Å². The van der Waals surface area contributed by atoms with Gasteiger partial charge in [0.15, 0.2) is 0 Å². The smallest absolute Gasteiger partial charge is 0.121 e. The predicted octanol–water partition coefficient (Wildman–Crippen LogP) is 3.30. The molecule has 1 aromatic carbocycles. The Kier molecular flexibility index (Phi) is 5.01. The van der Waals surface area contributed by atoms with Crippen molar-refractivity contribution in [2.75, 3.05) is 13.7 Å². The third kappa shape index (κ3) is 2.80. The zero-order valence-electron chi connectivity index (χ0n) is 12.7. The zero-order chi connectivity index (χ0) is 14.5. The lowest BCUT2D eigenvalue weighted by atomic mass is 10.0. The number of rotatable bonds is 7. The van der Waals surface area contributed by atoms with Crippen LogP contribution in [0, 0.1) is 0 Å². The van der Waals surface area contributed by atoms with Crippen molar-refractivity contribution in [3.8, 4) is 5.75 Å². The highest BCUT2D eigenvalue weighted by atomic mass is 16.5. The molecular formula is C16H25N3O. The van der Waals surface area contributed by atoms with Crippen LogP contribution in [-0.4, -0.2) is 23.2 Å². The van der Waals surface area contributed by atoms with E-state index in [1.165, 1.54) is 5.52 Å². The van der Waals surface area contributed by atoms with Gasteiger partial charge in [-0.15, -0.1) is 0 Å². The minimum atomic E-state index is 0.338. The fourth-order valence-corrected chi connectivity index (χ4v) is 2.73. The Morgan fingerprint density at radius 1 is 1.30 bits per heavy atom. The Hall–Kier alpha value is -1.55. The van der Waals surface area contributed by atoms with Gasteiger partial charge < -0.3 is 15.0 Å². The Bertz CT molecular complexity index is 562. The van der Waals surface area contributed by atoms with Crippen LogP contribution in [0.2, 0.25) is 0 Å². The highest BCUT2D eigenvalue weighted by Crippen LogP contribution is 2.27. The van der Waals surface area contributed by atoms with Crippen LogP contribution >= 0.6 is 0 Å². The van der Waals surface area contributed by atoms with E-state index >= 15 is 0 Å². The quantitative estimate of drug-likeness (QED) is 0.843. The summed E-state index contributed by atoms with van der Waals surface area (Å²) >= 11 is 0. The van der Waals surface area contributed by atoms with Crippen molar-refractivity contribution in [2.45, 2.75) is 45.6 Å². The summed E-state index contributed by atoms with van der Waals surface area (Å²) in [7, 11) is 1.69. The second kappa shape index (κ2) is 6.75. The molecule has 0 spiro atoms. The molecule has 1 unspecified atom stereocenters. The second-order valence-electron chi connectivity index (χ2n) is 5.20. The molecule has 2 N–H and O–H groups in total. The van der Waals surface area contributed by atoms with Crippen molar-refractivity contribution >= 4 is 11.0 Å². The molecule has 0 saturated carbocycles. The summed E-state index contributed by atoms with van der Waals surface area (Å²) in [5, 5.41) is 0. The summed E-state index contributed by atoms with van der Waals surface area (Å²) in [6.07, 6.45) is 3.30. The molecule has 0 bridgehead atoms. The van der Waals surface area contributed by atoms with Gasteiger partial charge in [0, 0.05) is 25.1 Å². The number of hydrogen-bond donors (Lipinski definition) is 1. The Balaban J connectivity index is 2.53. The number of nitrogens with zero attached hydrogens (tertiary/aromatic N) is 2. The van der Waals surface area contributed by atoms with E-state index in [4.69, 9.17) is 15.5 Å². The molecule has 0 aliphatic carbocycles. The number of methoxy groups -OCH3 is 1. The number of fused-ring (bicyclic) bond motifs is 1. The predicted molar refractivity (Wildman–Crippen MR) is 83.3 cm³/mol. The minimum absolute atomic E-state index is 0.338. The Morgan fingerprint density at radius 3 is 2.70 bits per heavy atom. The zero-order valence-corrected chi connectivity index (χ0v) is 12.7. The maximum Gasteiger partial charge on any atom is 0.121 e. The largest absolute Gasteiger partial charge is 0.497 e. The van der Waals surface area contributed by atoms with Crippen molar-refractivity contribution < 1.29 is 4.74 Å². The van der Waals surface area contributed by atoms with Gasteiger partial charge in [-0.25, -0.2) is 4.98 Å². The fourth-order valence-electron chi connectivity index (χ4n) is 2.73. The van der Waals surface area contributed by atoms with E-state index < -0.39 is 0 Å². The number of hydrogen-bond acceptors (Lipinski definition) is 3. The summed E-state index contributed by atoms with van der Waals surface area (Å²) in [5.74, 6) is 2.31. The van der Waals surface area contributed by atoms with Gasteiger partial charge in [0.25, 0.3) is 0 Å². The first-order valence-corrected chi connectivity index (χ1v) is 7.49. The van der Waals surface area contributed by atoms with Gasteiger partial charge >= 0.3 is 0 Å². The minimum Gasteiger partial charge on any atom is -0.497 e. The van der Waals surface area contributed by atoms with Gasteiger partial charge in [-0.1, -0.05) is 20.3 Å². The molecule has 1 atom stereocenters. The summed E-state index contributed by atoms with van der Waals surface area (Å²) in [5.41, 5.74) is 8.14. The van der Waals surface area contributed by atoms with Gasteiger partial charge in [-0.2, -0.15) is 0 Å². The third-order valence-electron chi connectivity index (χ3n) is 3.72. The van der Waals surface area contributed by atoms with Crippen LogP contribution in [-0.2, 0) is 6.54 Å². The first-order chi connectivity index (χ1) is 9.74. The molecule has 0 aliphatic heterocycles. The molecule has 1 heterocycles. The van der Waals surface area contributed by atoms with Crippen LogP contribution in [0.1, 0.15) is 44.9 Å². The topological polar surface area (TPSA) is 53.1 Å². The van der Waals surface area contributed by atoms with Crippen LogP contribution in [0.3, 0.4) is 0 Å². The van der Waals surface area contributed by atoms with Crippen LogP contribution < -0.4 is 10.5 Å². The van der Waals surface area contributed by atoms with Crippen LogP contribution in [0.5, 0.6) is 5.75 Å². The second-order valence-corrected chi connectivity index (χ2v) is 5.20. The van der Waals surface area contributed by atoms with Gasteiger partial charge in [-0.05, 0) is 25.0 Å². The Labute approximate surface area is 120 Å². The molecule has 0 saturated heterocycles. The summed E-state index contributed by atoms with van der Waals surface area (Å²) in [6.45, 7) is 6.02. The molecule has 0 fully saturated rings. The lowest BCUT2D eigenvalue weighted by Crippen LogP contribution is -2.17. The highest BCUT2D eigenvalue weighted by Gasteiger charge is 2.18. The number of aromatic nitrogens is 2. The Morgan fingerprint density at radius 2 is 2.10 bits per heavy atom. The molecule has 0 radical (unpaired) electrons. The van der Waals surface area contributed by atoms with E-state index in [0.29, 0.717) is 12.5 Å². The number of benzene rings is 1. The van der Waals surface area contributed by atoms with Crippen molar-refractivity contribution in [3.05, 3.63) is 24.0 Å². The molecule has 20 heavy (non-hydrogen) atoms. The number of nitrogens with two attached hydrogens (primary N) is 1. The standard InChI is InChI=1S/C16H25N3O/c1-4-6-12(11-17)16-18-14-10-13(20-3)7-8-15(14)19(16)9-5-2/h7-8,10,12H,4-6,9,11,17H2,1-3H3. The normalized spacial score (nSPS) is 12.8. The summed E-state index contributed by atoms with van der Waals surface area (Å²) in [6, 6.07) is 6.10. The molecule has 0 amide bonds. The number of imidazole rings is 1. The van der Waals surface area contributed by atoms with E-state index in [9.17, 15) is 0 Å². The number of aryl methyl sites for hydroxylation is 1. The monoisotopic (exact) mass is 275 g/mol. The lowest BCUT2D eigenvalue weighted by Gasteiger charge is -2.15. The molecule has 2 aromatic rings. The summed E-state index contributed by atoms with van der Waals surface area (Å²) in [4.78, 5) is 4.83. The molecule has 4 heteroatoms. The van der Waals surface area contributed by atoms with Gasteiger partial charge in [-0.3, -0.25) is 0 Å². The van der Waals surface area contributed by atoms with Gasteiger partial charge in [0.05, 0.1) is 18.1 Å². The molecule has 110 valence electrons. The fraction of sp³-hybridized carbons (Fsp3) is 0.562. The van der Waals surface area contributed by atoms with Crippen LogP contribution in [0.15, 0.2) is 18.2 Å². The van der Waals surface area contributed by atoms with E-state index in [-0.39, 0.29) is 0 Å². The van der Waals surface area contributed by atoms with Gasteiger partial charge in [0.1, 0.15) is 11.6 Å². The lowest BCUT2D eigenvalue weighted by molar-refractivity contribution is 0.415. The first kappa shape index (κ1) is 14.9. The summed E-state index contributed by atoms with van der Waals surface area (Å²) < 4.78 is 7.61. The van der Waals surface area contributed by atoms with Crippen molar-refractivity contribution in [3.63, 3.8) is 0 Å². The maximum absolute atomic E-state index is 5.96. The number of ether oxygens (including phenoxy) is 1. The van der Waals surface area contributed by atoms with E-state index in [2.05, 4.69) is 24.5 Å². The molecule has 4 nitrogen and oxygen atoms in total. The third-order valence-corrected chi connectivity index (χ3v) is 3.72. The average molecular weight is 275 g/mol. The molecule has 2 rings (SSSR count). The van der Waals surface area contributed by atoms with E-state index in [1.54, 1.807) is 7.11 Å². The highest BCUT2D eigenvalue weighted by molar-refractivity contribution is 5.78. The van der Waals surface area contributed by atoms with Crippen LogP contribution in [0.4, 0.5) is 0 Å². The SMILES string of the molecule is CCCC(CN)c1nc2cc(OC)ccc2n1CCC. The molecule has 0 aliphatic rings. The van der Waals surface area contributed by atoms with E-state index in [0.717, 1.165) is 42.9 Å². The van der Waals surface area contributed by atoms with Crippen molar-refractivity contribution in [1.82, 2.24) is 9.55 Å².